The van der Waals surface area contributed by atoms with Crippen LogP contribution in [0.1, 0.15) is 40.8 Å². The Morgan fingerprint density at radius 1 is 1.30 bits per heavy atom. The first-order chi connectivity index (χ1) is 14.5. The number of carbonyl (C=O) groups excluding carboxylic acids is 2. The molecule has 1 amide bonds. The van der Waals surface area contributed by atoms with E-state index in [9.17, 15) is 20.0 Å². The van der Waals surface area contributed by atoms with Crippen molar-refractivity contribution in [3.05, 3.63) is 45.8 Å². The number of ether oxygens (including phenoxy) is 2. The van der Waals surface area contributed by atoms with Crippen molar-refractivity contribution in [2.24, 2.45) is 0 Å². The van der Waals surface area contributed by atoms with Crippen LogP contribution >= 0.6 is 11.3 Å². The van der Waals surface area contributed by atoms with E-state index in [0.29, 0.717) is 16.1 Å². The Bertz CT molecular complexity index is 1020. The summed E-state index contributed by atoms with van der Waals surface area (Å²) in [5.41, 5.74) is 2.20. The fourth-order valence-electron chi connectivity index (χ4n) is 3.26. The first-order valence-corrected chi connectivity index (χ1v) is 10.4. The Morgan fingerprint density at radius 2 is 2.10 bits per heavy atom. The van der Waals surface area contributed by atoms with Gasteiger partial charge in [-0.1, -0.05) is 12.5 Å². The van der Waals surface area contributed by atoms with E-state index in [1.807, 2.05) is 0 Å². The minimum Gasteiger partial charge on any atom is -0.504 e. The third-order valence-corrected chi connectivity index (χ3v) is 5.95. The molecule has 0 spiro atoms. The molecule has 3 rings (SSSR count). The first-order valence-electron chi connectivity index (χ1n) is 9.58. The largest absolute Gasteiger partial charge is 0.504 e. The predicted molar refractivity (Wildman–Crippen MR) is 114 cm³/mol. The molecular weight excluding hydrogens is 404 g/mol. The lowest BCUT2D eigenvalue weighted by Gasteiger charge is -2.05. The topological polar surface area (TPSA) is 109 Å². The standard InChI is InChI=1S/C22H22N2O5S/c1-28-18-11-14(7-9-17(18)25)8-10-21(27)29-13-20(26)24-22-16(12-23)15-5-3-2-4-6-19(15)30-22/h7-11,25H,2-6,13H2,1H3,(H,24,26). The first kappa shape index (κ1) is 21.4. The van der Waals surface area contributed by atoms with Crippen LogP contribution in [-0.2, 0) is 27.2 Å². The number of anilines is 1. The van der Waals surface area contributed by atoms with E-state index in [4.69, 9.17) is 9.47 Å². The number of methoxy groups -OCH3 is 1. The van der Waals surface area contributed by atoms with Crippen molar-refractivity contribution in [3.8, 4) is 17.6 Å². The number of hydrogen-bond acceptors (Lipinski definition) is 7. The second kappa shape index (κ2) is 9.94. The van der Waals surface area contributed by atoms with Crippen LogP contribution in [0.4, 0.5) is 5.00 Å². The Balaban J connectivity index is 1.56. The molecular formula is C22H22N2O5S. The summed E-state index contributed by atoms with van der Waals surface area (Å²) in [7, 11) is 1.43. The number of amides is 1. The summed E-state index contributed by atoms with van der Waals surface area (Å²) >= 11 is 1.43. The van der Waals surface area contributed by atoms with E-state index >= 15 is 0 Å². The molecule has 0 saturated carbocycles. The Kier molecular flexibility index (Phi) is 7.09. The Hall–Kier alpha value is -3.31. The summed E-state index contributed by atoms with van der Waals surface area (Å²) in [4.78, 5) is 25.3. The highest BCUT2D eigenvalue weighted by Gasteiger charge is 2.21. The number of hydrogen-bond donors (Lipinski definition) is 2. The molecule has 0 atom stereocenters. The number of fused-ring (bicyclic) bond motifs is 1. The Labute approximate surface area is 178 Å². The molecule has 1 aliphatic carbocycles. The molecule has 1 aliphatic rings. The zero-order valence-electron chi connectivity index (χ0n) is 16.6. The highest BCUT2D eigenvalue weighted by molar-refractivity contribution is 7.16. The van der Waals surface area contributed by atoms with E-state index < -0.39 is 18.5 Å². The fourth-order valence-corrected chi connectivity index (χ4v) is 4.51. The van der Waals surface area contributed by atoms with Crippen molar-refractivity contribution < 1.29 is 24.2 Å². The monoisotopic (exact) mass is 426 g/mol. The van der Waals surface area contributed by atoms with Crippen LogP contribution in [0.5, 0.6) is 11.5 Å². The van der Waals surface area contributed by atoms with Gasteiger partial charge in [0.05, 0.1) is 12.7 Å². The average Bonchev–Trinajstić information content (AvgIpc) is 2.90. The lowest BCUT2D eigenvalue weighted by atomic mass is 10.1. The summed E-state index contributed by atoms with van der Waals surface area (Å²) < 4.78 is 9.99. The number of thiophene rings is 1. The van der Waals surface area contributed by atoms with Crippen LogP contribution < -0.4 is 10.1 Å². The van der Waals surface area contributed by atoms with Crippen LogP contribution in [0.15, 0.2) is 24.3 Å². The zero-order chi connectivity index (χ0) is 21.5. The molecule has 0 unspecified atom stereocenters. The van der Waals surface area contributed by atoms with Crippen molar-refractivity contribution in [1.82, 2.24) is 0 Å². The molecule has 8 heteroatoms. The molecule has 1 heterocycles. The van der Waals surface area contributed by atoms with Gasteiger partial charge in [0.15, 0.2) is 18.1 Å². The molecule has 2 N–H and O–H groups in total. The van der Waals surface area contributed by atoms with Crippen LogP contribution in [0, 0.1) is 11.3 Å². The van der Waals surface area contributed by atoms with Gasteiger partial charge in [0.25, 0.3) is 5.91 Å². The molecule has 7 nitrogen and oxygen atoms in total. The fraction of sp³-hybridized carbons (Fsp3) is 0.318. The number of nitriles is 1. The summed E-state index contributed by atoms with van der Waals surface area (Å²) in [6.45, 7) is -0.449. The molecule has 30 heavy (non-hydrogen) atoms. The number of aromatic hydroxyl groups is 1. The van der Waals surface area contributed by atoms with Crippen LogP contribution in [0.2, 0.25) is 0 Å². The van der Waals surface area contributed by atoms with E-state index in [1.165, 1.54) is 36.7 Å². The zero-order valence-corrected chi connectivity index (χ0v) is 17.4. The number of aryl methyl sites for hydroxylation is 1. The highest BCUT2D eigenvalue weighted by atomic mass is 32.1. The minimum absolute atomic E-state index is 0.00323. The number of nitrogens with one attached hydrogen (secondary N) is 1. The molecule has 0 bridgehead atoms. The lowest BCUT2D eigenvalue weighted by molar-refractivity contribution is -0.142. The third-order valence-electron chi connectivity index (χ3n) is 4.75. The maximum Gasteiger partial charge on any atom is 0.331 e. The quantitative estimate of drug-likeness (QED) is 0.413. The van der Waals surface area contributed by atoms with E-state index in [2.05, 4.69) is 11.4 Å². The molecule has 156 valence electrons. The molecule has 0 saturated heterocycles. The van der Waals surface area contributed by atoms with Crippen molar-refractivity contribution in [1.29, 1.82) is 5.26 Å². The highest BCUT2D eigenvalue weighted by Crippen LogP contribution is 2.36. The minimum atomic E-state index is -0.681. The van der Waals surface area contributed by atoms with Crippen LogP contribution in [0.25, 0.3) is 6.08 Å². The maximum absolute atomic E-state index is 12.2. The van der Waals surface area contributed by atoms with Gasteiger partial charge in [0.2, 0.25) is 0 Å². The van der Waals surface area contributed by atoms with Crippen molar-refractivity contribution in [2.45, 2.75) is 32.1 Å². The molecule has 0 aliphatic heterocycles. The molecule has 1 aromatic carbocycles. The van der Waals surface area contributed by atoms with Crippen molar-refractivity contribution in [3.63, 3.8) is 0 Å². The number of nitrogens with zero attached hydrogens (tertiary/aromatic N) is 1. The van der Waals surface area contributed by atoms with E-state index in [0.717, 1.165) is 42.5 Å². The average molecular weight is 426 g/mol. The number of esters is 1. The second-order valence-corrected chi connectivity index (χ2v) is 7.91. The van der Waals surface area contributed by atoms with Gasteiger partial charge in [0, 0.05) is 11.0 Å². The van der Waals surface area contributed by atoms with Crippen LogP contribution in [0.3, 0.4) is 0 Å². The van der Waals surface area contributed by atoms with Gasteiger partial charge in [-0.25, -0.2) is 4.79 Å². The molecule has 0 radical (unpaired) electrons. The van der Waals surface area contributed by atoms with Gasteiger partial charge < -0.3 is 19.9 Å². The number of benzene rings is 1. The van der Waals surface area contributed by atoms with E-state index in [1.54, 1.807) is 12.1 Å². The summed E-state index contributed by atoms with van der Waals surface area (Å²) in [6, 6.07) is 6.83. The summed E-state index contributed by atoms with van der Waals surface area (Å²) in [6.07, 6.45) is 7.73. The van der Waals surface area contributed by atoms with Gasteiger partial charge >= 0.3 is 5.97 Å². The van der Waals surface area contributed by atoms with Gasteiger partial charge in [-0.05, 0) is 55.0 Å². The Morgan fingerprint density at radius 3 is 2.87 bits per heavy atom. The van der Waals surface area contributed by atoms with Crippen molar-refractivity contribution >= 4 is 34.3 Å². The van der Waals surface area contributed by atoms with Gasteiger partial charge in [0.1, 0.15) is 11.1 Å². The third kappa shape index (κ3) is 5.19. The molecule has 0 fully saturated rings. The normalized spacial score (nSPS) is 13.2. The number of carbonyl (C=O) groups is 2. The summed E-state index contributed by atoms with van der Waals surface area (Å²) in [5.74, 6) is -0.889. The van der Waals surface area contributed by atoms with Crippen LogP contribution in [-0.4, -0.2) is 30.7 Å². The van der Waals surface area contributed by atoms with Gasteiger partial charge in [-0.3, -0.25) is 4.79 Å². The number of phenols is 1. The van der Waals surface area contributed by atoms with Gasteiger partial charge in [-0.2, -0.15) is 5.26 Å². The number of phenolic OH excluding ortho intramolecular Hbond substituents is 1. The van der Waals surface area contributed by atoms with Crippen molar-refractivity contribution in [2.75, 3.05) is 19.0 Å². The summed E-state index contributed by atoms with van der Waals surface area (Å²) in [5, 5.41) is 22.3. The maximum atomic E-state index is 12.2. The predicted octanol–water partition coefficient (Wildman–Crippen LogP) is 3.80. The lowest BCUT2D eigenvalue weighted by Crippen LogP contribution is -2.20. The SMILES string of the molecule is COc1cc(C=CC(=O)OCC(=O)Nc2sc3c(c2C#N)CCCCC3)ccc1O. The smallest absolute Gasteiger partial charge is 0.331 e. The molecule has 1 aromatic heterocycles. The van der Waals surface area contributed by atoms with Gasteiger partial charge in [-0.15, -0.1) is 11.3 Å². The number of rotatable bonds is 6. The van der Waals surface area contributed by atoms with E-state index in [-0.39, 0.29) is 11.5 Å². The second-order valence-electron chi connectivity index (χ2n) is 6.80. The molecule has 2 aromatic rings.